The minimum Gasteiger partial charge on any atom is -0.302 e. The molecule has 0 aromatic heterocycles. The molecule has 1 aromatic carbocycles. The second-order valence-electron chi connectivity index (χ2n) is 3.74. The van der Waals surface area contributed by atoms with Crippen molar-refractivity contribution in [2.75, 3.05) is 6.54 Å². The monoisotopic (exact) mass is 349 g/mol. The van der Waals surface area contributed by atoms with Gasteiger partial charge in [-0.25, -0.2) is 0 Å². The highest BCUT2D eigenvalue weighted by atomic mass is 79.9. The first-order chi connectivity index (χ1) is 7.16. The van der Waals surface area contributed by atoms with Gasteiger partial charge in [0.05, 0.1) is 5.37 Å². The van der Waals surface area contributed by atoms with Gasteiger partial charge in [0, 0.05) is 14.2 Å². The van der Waals surface area contributed by atoms with Crippen molar-refractivity contribution in [2.24, 2.45) is 0 Å². The fourth-order valence-corrected chi connectivity index (χ4v) is 3.52. The van der Waals surface area contributed by atoms with Gasteiger partial charge in [0.2, 0.25) is 0 Å². The molecule has 82 valence electrons. The minimum atomic E-state index is 0.443. The van der Waals surface area contributed by atoms with Crippen LogP contribution in [0.4, 0.5) is 0 Å². The Morgan fingerprint density at radius 3 is 2.80 bits per heavy atom. The van der Waals surface area contributed by atoms with E-state index >= 15 is 0 Å². The highest BCUT2D eigenvalue weighted by molar-refractivity contribution is 9.13. The summed E-state index contributed by atoms with van der Waals surface area (Å²) in [5, 5.41) is 4.73. The van der Waals surface area contributed by atoms with E-state index in [1.165, 1.54) is 12.0 Å². The quantitative estimate of drug-likeness (QED) is 0.809. The number of hydrogen-bond donors (Lipinski definition) is 1. The second kappa shape index (κ2) is 5.21. The zero-order valence-electron chi connectivity index (χ0n) is 8.47. The van der Waals surface area contributed by atoms with E-state index in [-0.39, 0.29) is 0 Å². The normalized spacial score (nSPS) is 26.6. The van der Waals surface area contributed by atoms with Gasteiger partial charge in [-0.2, -0.15) is 0 Å². The van der Waals surface area contributed by atoms with Crippen molar-refractivity contribution in [3.05, 3.63) is 32.7 Å². The van der Waals surface area contributed by atoms with E-state index < -0.39 is 0 Å². The highest BCUT2D eigenvalue weighted by Crippen LogP contribution is 2.36. The van der Waals surface area contributed by atoms with Crippen LogP contribution in [-0.4, -0.2) is 11.8 Å². The molecule has 1 fully saturated rings. The Labute approximate surface area is 112 Å². The standard InChI is InChI=1S/C11H13Br2NS/c1-7-4-5-14-11(15-7)8-2-3-9(12)10(13)6-8/h2-3,6-7,11,14H,4-5H2,1H3. The summed E-state index contributed by atoms with van der Waals surface area (Å²) in [5.41, 5.74) is 1.35. The molecule has 0 saturated carbocycles. The van der Waals surface area contributed by atoms with E-state index in [4.69, 9.17) is 0 Å². The van der Waals surface area contributed by atoms with Crippen molar-refractivity contribution >= 4 is 43.6 Å². The predicted octanol–water partition coefficient (Wildman–Crippen LogP) is 4.33. The molecular formula is C11H13Br2NS. The first kappa shape index (κ1) is 12.0. The van der Waals surface area contributed by atoms with E-state index in [2.05, 4.69) is 62.3 Å². The van der Waals surface area contributed by atoms with Gasteiger partial charge in [-0.3, -0.25) is 0 Å². The van der Waals surface area contributed by atoms with Crippen LogP contribution in [-0.2, 0) is 0 Å². The lowest BCUT2D eigenvalue weighted by molar-refractivity contribution is 0.605. The van der Waals surface area contributed by atoms with Gasteiger partial charge in [-0.05, 0) is 62.5 Å². The van der Waals surface area contributed by atoms with Crippen LogP contribution in [0.5, 0.6) is 0 Å². The Morgan fingerprint density at radius 1 is 1.33 bits per heavy atom. The summed E-state index contributed by atoms with van der Waals surface area (Å²) in [6, 6.07) is 6.46. The SMILES string of the molecule is CC1CCNC(c2ccc(Br)c(Br)c2)S1. The molecule has 15 heavy (non-hydrogen) atoms. The van der Waals surface area contributed by atoms with E-state index in [1.54, 1.807) is 0 Å². The highest BCUT2D eigenvalue weighted by Gasteiger charge is 2.20. The van der Waals surface area contributed by atoms with Crippen molar-refractivity contribution < 1.29 is 0 Å². The maximum atomic E-state index is 3.54. The predicted molar refractivity (Wildman–Crippen MR) is 74.3 cm³/mol. The van der Waals surface area contributed by atoms with Crippen LogP contribution in [0.1, 0.15) is 24.3 Å². The third-order valence-electron chi connectivity index (χ3n) is 2.50. The average Bonchev–Trinajstić information content (AvgIpc) is 2.22. The number of halogens is 2. The second-order valence-corrected chi connectivity index (χ2v) is 7.00. The van der Waals surface area contributed by atoms with Crippen LogP contribution < -0.4 is 5.32 Å². The molecule has 1 heterocycles. The van der Waals surface area contributed by atoms with Crippen LogP contribution in [0.3, 0.4) is 0 Å². The summed E-state index contributed by atoms with van der Waals surface area (Å²) in [6.07, 6.45) is 1.26. The van der Waals surface area contributed by atoms with E-state index in [1.807, 2.05) is 11.8 Å². The number of thioether (sulfide) groups is 1. The Balaban J connectivity index is 2.18. The molecule has 2 rings (SSSR count). The van der Waals surface area contributed by atoms with Crippen LogP contribution in [0, 0.1) is 0 Å². The molecule has 1 N–H and O–H groups in total. The van der Waals surface area contributed by atoms with Crippen molar-refractivity contribution in [3.63, 3.8) is 0 Å². The lowest BCUT2D eigenvalue weighted by atomic mass is 10.2. The Bertz CT molecular complexity index is 356. The zero-order valence-corrected chi connectivity index (χ0v) is 12.5. The Morgan fingerprint density at radius 2 is 2.13 bits per heavy atom. The van der Waals surface area contributed by atoms with Gasteiger partial charge in [-0.1, -0.05) is 13.0 Å². The van der Waals surface area contributed by atoms with Crippen molar-refractivity contribution in [2.45, 2.75) is 24.0 Å². The van der Waals surface area contributed by atoms with Crippen LogP contribution in [0.15, 0.2) is 27.1 Å². The van der Waals surface area contributed by atoms with Gasteiger partial charge in [0.25, 0.3) is 0 Å². The first-order valence-electron chi connectivity index (χ1n) is 5.00. The number of benzene rings is 1. The molecule has 0 aliphatic carbocycles. The lowest BCUT2D eigenvalue weighted by Crippen LogP contribution is -2.28. The van der Waals surface area contributed by atoms with E-state index in [0.717, 1.165) is 20.7 Å². The summed E-state index contributed by atoms with van der Waals surface area (Å²) in [5.74, 6) is 0. The van der Waals surface area contributed by atoms with Gasteiger partial charge in [-0.15, -0.1) is 11.8 Å². The molecule has 4 heteroatoms. The number of hydrogen-bond acceptors (Lipinski definition) is 2. The fraction of sp³-hybridized carbons (Fsp3) is 0.455. The smallest absolute Gasteiger partial charge is 0.0792 e. The molecule has 0 spiro atoms. The molecule has 2 atom stereocenters. The molecule has 1 nitrogen and oxygen atoms in total. The largest absolute Gasteiger partial charge is 0.302 e. The van der Waals surface area contributed by atoms with E-state index in [9.17, 15) is 0 Å². The molecular weight excluding hydrogens is 338 g/mol. The minimum absolute atomic E-state index is 0.443. The van der Waals surface area contributed by atoms with Crippen LogP contribution >= 0.6 is 43.6 Å². The molecule has 1 aromatic rings. The van der Waals surface area contributed by atoms with Crippen molar-refractivity contribution in [3.8, 4) is 0 Å². The maximum Gasteiger partial charge on any atom is 0.0792 e. The zero-order chi connectivity index (χ0) is 10.8. The number of rotatable bonds is 1. The maximum absolute atomic E-state index is 3.54. The summed E-state index contributed by atoms with van der Waals surface area (Å²) in [4.78, 5) is 0. The molecule has 1 saturated heterocycles. The van der Waals surface area contributed by atoms with Gasteiger partial charge in [0.1, 0.15) is 0 Å². The van der Waals surface area contributed by atoms with Gasteiger partial charge in [0.15, 0.2) is 0 Å². The number of nitrogens with one attached hydrogen (secondary N) is 1. The van der Waals surface area contributed by atoms with Crippen LogP contribution in [0.25, 0.3) is 0 Å². The summed E-state index contributed by atoms with van der Waals surface area (Å²) >= 11 is 9.04. The molecule has 0 amide bonds. The molecule has 0 bridgehead atoms. The van der Waals surface area contributed by atoms with Crippen molar-refractivity contribution in [1.29, 1.82) is 0 Å². The molecule has 2 unspecified atom stereocenters. The summed E-state index contributed by atoms with van der Waals surface area (Å²) < 4.78 is 2.24. The van der Waals surface area contributed by atoms with E-state index in [0.29, 0.717) is 5.37 Å². The summed E-state index contributed by atoms with van der Waals surface area (Å²) in [6.45, 7) is 3.42. The summed E-state index contributed by atoms with van der Waals surface area (Å²) in [7, 11) is 0. The molecule has 0 radical (unpaired) electrons. The third-order valence-corrected chi connectivity index (χ3v) is 5.79. The third kappa shape index (κ3) is 2.99. The first-order valence-corrected chi connectivity index (χ1v) is 7.53. The Kier molecular flexibility index (Phi) is 4.16. The topological polar surface area (TPSA) is 12.0 Å². The molecule has 1 aliphatic heterocycles. The van der Waals surface area contributed by atoms with Gasteiger partial charge < -0.3 is 5.32 Å². The van der Waals surface area contributed by atoms with Crippen molar-refractivity contribution in [1.82, 2.24) is 5.32 Å². The molecule has 1 aliphatic rings. The lowest BCUT2D eigenvalue weighted by Gasteiger charge is -2.28. The fourth-order valence-electron chi connectivity index (χ4n) is 1.64. The average molecular weight is 351 g/mol. The Hall–Kier alpha value is 0.490. The van der Waals surface area contributed by atoms with Gasteiger partial charge >= 0.3 is 0 Å². The van der Waals surface area contributed by atoms with Crippen LogP contribution in [0.2, 0.25) is 0 Å².